The number of fused-ring (bicyclic) bond motifs is 2. The maximum Gasteiger partial charge on any atom is 0.433 e. The monoisotopic (exact) mass is 493 g/mol. The molecule has 0 aromatic carbocycles. The Morgan fingerprint density at radius 3 is 2.37 bits per heavy atom. The lowest BCUT2D eigenvalue weighted by atomic mass is 9.81. The van der Waals surface area contributed by atoms with Crippen molar-refractivity contribution < 1.29 is 27.5 Å². The van der Waals surface area contributed by atoms with Gasteiger partial charge in [-0.25, -0.2) is 14.8 Å². The molecule has 190 valence electrons. The molecule has 1 amide bonds. The Hall–Kier alpha value is -2.69. The van der Waals surface area contributed by atoms with Crippen LogP contribution in [0.15, 0.2) is 23.5 Å². The largest absolute Gasteiger partial charge is 0.450 e. The number of anilines is 1. The summed E-state index contributed by atoms with van der Waals surface area (Å²) < 4.78 is 45.2. The SMILES string of the molecule is CC1=C(C(=O)N2C[C@@H]3C[C@H]2CN3c2cc(C(F)(F)F)ncn2)C2(CCN(C(C)(C)C)CC2)OC1=O. The van der Waals surface area contributed by atoms with Gasteiger partial charge in [0.1, 0.15) is 23.4 Å². The lowest BCUT2D eigenvalue weighted by molar-refractivity contribution is -0.152. The molecule has 2 bridgehead atoms. The van der Waals surface area contributed by atoms with Crippen molar-refractivity contribution in [2.45, 2.75) is 76.4 Å². The Kier molecular flexibility index (Phi) is 5.43. The zero-order valence-corrected chi connectivity index (χ0v) is 20.4. The van der Waals surface area contributed by atoms with E-state index in [9.17, 15) is 22.8 Å². The van der Waals surface area contributed by atoms with Gasteiger partial charge in [0.05, 0.1) is 17.7 Å². The number of piperidine rings is 1. The molecule has 0 unspecified atom stereocenters. The van der Waals surface area contributed by atoms with Gasteiger partial charge in [0, 0.05) is 56.2 Å². The van der Waals surface area contributed by atoms with Gasteiger partial charge in [-0.2, -0.15) is 13.2 Å². The molecular formula is C24H30F3N5O3. The Labute approximate surface area is 202 Å². The van der Waals surface area contributed by atoms with Crippen molar-refractivity contribution in [1.29, 1.82) is 0 Å². The maximum absolute atomic E-state index is 13.8. The van der Waals surface area contributed by atoms with E-state index in [0.29, 0.717) is 43.5 Å². The highest BCUT2D eigenvalue weighted by Gasteiger charge is 2.55. The summed E-state index contributed by atoms with van der Waals surface area (Å²) in [5, 5.41) is 0. The van der Waals surface area contributed by atoms with Crippen molar-refractivity contribution in [1.82, 2.24) is 19.8 Å². The molecule has 11 heteroatoms. The normalized spacial score (nSPS) is 26.8. The van der Waals surface area contributed by atoms with E-state index in [1.54, 1.807) is 11.8 Å². The van der Waals surface area contributed by atoms with E-state index in [1.165, 1.54) is 0 Å². The fourth-order valence-electron chi connectivity index (χ4n) is 5.99. The van der Waals surface area contributed by atoms with Crippen molar-refractivity contribution >= 4 is 17.7 Å². The van der Waals surface area contributed by atoms with Gasteiger partial charge in [0.25, 0.3) is 5.91 Å². The first-order valence-corrected chi connectivity index (χ1v) is 12.0. The average molecular weight is 494 g/mol. The summed E-state index contributed by atoms with van der Waals surface area (Å²) in [5.74, 6) is -0.416. The molecule has 35 heavy (non-hydrogen) atoms. The van der Waals surface area contributed by atoms with Crippen LogP contribution in [0, 0.1) is 0 Å². The highest BCUT2D eigenvalue weighted by atomic mass is 19.4. The first-order chi connectivity index (χ1) is 16.3. The molecule has 0 saturated carbocycles. The van der Waals surface area contributed by atoms with Crippen LogP contribution >= 0.6 is 0 Å². The molecule has 1 aromatic rings. The summed E-state index contributed by atoms with van der Waals surface area (Å²) in [4.78, 5) is 39.7. The maximum atomic E-state index is 13.8. The van der Waals surface area contributed by atoms with E-state index < -0.39 is 23.4 Å². The van der Waals surface area contributed by atoms with Gasteiger partial charge in [0.15, 0.2) is 0 Å². The second kappa shape index (κ2) is 7.91. The van der Waals surface area contributed by atoms with E-state index in [4.69, 9.17) is 4.74 Å². The third-order valence-corrected chi connectivity index (χ3v) is 7.90. The van der Waals surface area contributed by atoms with Gasteiger partial charge in [0.2, 0.25) is 0 Å². The van der Waals surface area contributed by atoms with Gasteiger partial charge in [-0.15, -0.1) is 0 Å². The standard InChI is InChI=1S/C24H30F3N5O3/c1-14-19(23(35-21(14)34)5-7-30(8-6-23)22(2,3)4)20(33)32-12-15-9-16(32)11-31(15)18-10-17(24(25,26)27)28-13-29-18/h10,13,15-16H,5-9,11-12H2,1-4H3/t15-,16-/m0/s1. The summed E-state index contributed by atoms with van der Waals surface area (Å²) in [6, 6.07) is 0.651. The van der Waals surface area contributed by atoms with E-state index >= 15 is 0 Å². The fourth-order valence-corrected chi connectivity index (χ4v) is 5.99. The van der Waals surface area contributed by atoms with Crippen LogP contribution < -0.4 is 4.90 Å². The van der Waals surface area contributed by atoms with Crippen LogP contribution in [0.4, 0.5) is 19.0 Å². The molecule has 0 radical (unpaired) electrons. The number of piperazine rings is 1. The van der Waals surface area contributed by atoms with Gasteiger partial charge in [-0.05, 0) is 34.1 Å². The van der Waals surface area contributed by atoms with E-state index in [1.807, 2.05) is 4.90 Å². The quantitative estimate of drug-likeness (QED) is 0.587. The summed E-state index contributed by atoms with van der Waals surface area (Å²) >= 11 is 0. The van der Waals surface area contributed by atoms with Gasteiger partial charge in [-0.3, -0.25) is 9.69 Å². The Bertz CT molecular complexity index is 1090. The summed E-state index contributed by atoms with van der Waals surface area (Å²) in [6.07, 6.45) is -1.86. The van der Waals surface area contributed by atoms with Crippen LogP contribution in [-0.2, 0) is 20.5 Å². The third-order valence-electron chi connectivity index (χ3n) is 7.90. The first kappa shape index (κ1) is 24.0. The topological polar surface area (TPSA) is 78.9 Å². The minimum absolute atomic E-state index is 0.0162. The molecule has 4 aliphatic heterocycles. The summed E-state index contributed by atoms with van der Waals surface area (Å²) in [7, 11) is 0. The lowest BCUT2D eigenvalue weighted by Crippen LogP contribution is -2.55. The molecule has 8 nitrogen and oxygen atoms in total. The van der Waals surface area contributed by atoms with Crippen molar-refractivity contribution in [3.63, 3.8) is 0 Å². The van der Waals surface area contributed by atoms with Crippen LogP contribution in [-0.4, -0.2) is 81.0 Å². The number of carbonyl (C=O) groups is 2. The third kappa shape index (κ3) is 3.97. The Morgan fingerprint density at radius 2 is 1.80 bits per heavy atom. The first-order valence-electron chi connectivity index (χ1n) is 12.0. The fraction of sp³-hybridized carbons (Fsp3) is 0.667. The molecular weight excluding hydrogens is 463 g/mol. The van der Waals surface area contributed by atoms with Gasteiger partial charge >= 0.3 is 12.1 Å². The average Bonchev–Trinajstić information content (AvgIpc) is 3.45. The Morgan fingerprint density at radius 1 is 1.11 bits per heavy atom. The molecule has 3 saturated heterocycles. The Balaban J connectivity index is 1.34. The van der Waals surface area contributed by atoms with Gasteiger partial charge in [-0.1, -0.05) is 0 Å². The number of aromatic nitrogens is 2. The second-order valence-electron chi connectivity index (χ2n) is 11.0. The molecule has 0 N–H and O–H groups in total. The predicted molar refractivity (Wildman–Crippen MR) is 120 cm³/mol. The second-order valence-corrected chi connectivity index (χ2v) is 11.0. The van der Waals surface area contributed by atoms with Crippen molar-refractivity contribution in [3.8, 4) is 0 Å². The smallest absolute Gasteiger partial charge is 0.433 e. The zero-order chi connectivity index (χ0) is 25.3. The summed E-state index contributed by atoms with van der Waals surface area (Å²) in [5.41, 5.74) is -1.09. The molecule has 2 atom stereocenters. The van der Waals surface area contributed by atoms with Crippen LogP contribution in [0.5, 0.6) is 0 Å². The molecule has 5 heterocycles. The highest BCUT2D eigenvalue weighted by molar-refractivity contribution is 6.07. The molecule has 5 rings (SSSR count). The number of rotatable bonds is 2. The number of hydrogen-bond acceptors (Lipinski definition) is 7. The minimum atomic E-state index is -4.55. The number of likely N-dealkylation sites (tertiary alicyclic amines) is 2. The van der Waals surface area contributed by atoms with Crippen LogP contribution in [0.2, 0.25) is 0 Å². The van der Waals surface area contributed by atoms with Crippen molar-refractivity contribution in [2.24, 2.45) is 0 Å². The van der Waals surface area contributed by atoms with Crippen molar-refractivity contribution in [2.75, 3.05) is 31.1 Å². The van der Waals surface area contributed by atoms with E-state index in [-0.39, 0.29) is 29.3 Å². The molecule has 0 aliphatic carbocycles. The minimum Gasteiger partial charge on any atom is -0.450 e. The molecule has 3 fully saturated rings. The predicted octanol–water partition coefficient (Wildman–Crippen LogP) is 2.79. The number of hydrogen-bond donors (Lipinski definition) is 0. The number of halogens is 3. The molecule has 1 aromatic heterocycles. The number of carbonyl (C=O) groups excluding carboxylic acids is 2. The highest BCUT2D eigenvalue weighted by Crippen LogP contribution is 2.45. The van der Waals surface area contributed by atoms with E-state index in [2.05, 4.69) is 35.6 Å². The van der Waals surface area contributed by atoms with Crippen LogP contribution in [0.3, 0.4) is 0 Å². The molecule has 1 spiro atoms. The van der Waals surface area contributed by atoms with E-state index in [0.717, 1.165) is 25.5 Å². The zero-order valence-electron chi connectivity index (χ0n) is 20.4. The van der Waals surface area contributed by atoms with Crippen LogP contribution in [0.25, 0.3) is 0 Å². The number of nitrogens with zero attached hydrogens (tertiary/aromatic N) is 5. The van der Waals surface area contributed by atoms with Gasteiger partial charge < -0.3 is 14.5 Å². The van der Waals surface area contributed by atoms with Crippen LogP contribution in [0.1, 0.15) is 52.7 Å². The molecule has 4 aliphatic rings. The lowest BCUT2D eigenvalue weighted by Gasteiger charge is -2.45. The number of ether oxygens (including phenoxy) is 1. The number of esters is 1. The summed E-state index contributed by atoms with van der Waals surface area (Å²) in [6.45, 7) is 10.3. The number of amides is 1. The number of alkyl halides is 3. The van der Waals surface area contributed by atoms with Crippen molar-refractivity contribution in [3.05, 3.63) is 29.2 Å².